The number of hydrogen-bond donors (Lipinski definition) is 1. The van der Waals surface area contributed by atoms with E-state index in [1.807, 2.05) is 13.8 Å². The van der Waals surface area contributed by atoms with Crippen molar-refractivity contribution in [2.75, 3.05) is 6.54 Å². The molecule has 1 N–H and O–H groups in total. The molecule has 0 aromatic heterocycles. The number of carbonyl (C=O) groups is 2. The summed E-state index contributed by atoms with van der Waals surface area (Å²) in [6.07, 6.45) is -0.486. The largest absolute Gasteiger partial charge is 0.491 e. The second kappa shape index (κ2) is 8.99. The second-order valence-corrected chi connectivity index (χ2v) is 6.06. The van der Waals surface area contributed by atoms with Gasteiger partial charge in [0.15, 0.2) is 0 Å². The highest BCUT2D eigenvalue weighted by atomic mass is 19.1. The van der Waals surface area contributed by atoms with Gasteiger partial charge in [-0.15, -0.1) is 0 Å². The molecular formula is C20H22FNO4. The van der Waals surface area contributed by atoms with Gasteiger partial charge in [-0.25, -0.2) is 4.39 Å². The molecule has 0 aliphatic rings. The third-order valence-electron chi connectivity index (χ3n) is 3.53. The Hall–Kier alpha value is -2.89. The van der Waals surface area contributed by atoms with E-state index in [-0.39, 0.29) is 24.4 Å². The molecular weight excluding hydrogens is 337 g/mol. The molecule has 0 bridgehead atoms. The molecule has 1 amide bonds. The summed E-state index contributed by atoms with van der Waals surface area (Å²) in [6.45, 7) is 5.26. The topological polar surface area (TPSA) is 64.6 Å². The van der Waals surface area contributed by atoms with E-state index in [2.05, 4.69) is 5.32 Å². The minimum atomic E-state index is -0.574. The van der Waals surface area contributed by atoms with Crippen LogP contribution in [-0.4, -0.2) is 24.5 Å². The maximum absolute atomic E-state index is 12.9. The molecule has 0 saturated heterocycles. The predicted molar refractivity (Wildman–Crippen MR) is 95.4 cm³/mol. The van der Waals surface area contributed by atoms with Crippen molar-refractivity contribution in [2.45, 2.75) is 33.0 Å². The number of rotatable bonds is 7. The molecule has 26 heavy (non-hydrogen) atoms. The quantitative estimate of drug-likeness (QED) is 0.767. The van der Waals surface area contributed by atoms with Crippen LogP contribution in [-0.2, 0) is 9.53 Å². The number of nitrogens with one attached hydrogen (secondary N) is 1. The highest BCUT2D eigenvalue weighted by Gasteiger charge is 2.14. The zero-order valence-electron chi connectivity index (χ0n) is 15.0. The second-order valence-electron chi connectivity index (χ2n) is 6.06. The van der Waals surface area contributed by atoms with Gasteiger partial charge in [0, 0.05) is 5.56 Å². The fourth-order valence-electron chi connectivity index (χ4n) is 2.25. The summed E-state index contributed by atoms with van der Waals surface area (Å²) in [7, 11) is 0. The highest BCUT2D eigenvalue weighted by Crippen LogP contribution is 2.17. The van der Waals surface area contributed by atoms with Crippen molar-refractivity contribution in [1.29, 1.82) is 0 Å². The van der Waals surface area contributed by atoms with E-state index < -0.39 is 12.1 Å². The zero-order chi connectivity index (χ0) is 19.1. The third kappa shape index (κ3) is 5.88. The zero-order valence-corrected chi connectivity index (χ0v) is 15.0. The first-order valence-electron chi connectivity index (χ1n) is 8.35. The van der Waals surface area contributed by atoms with Crippen molar-refractivity contribution >= 4 is 11.9 Å². The maximum Gasteiger partial charge on any atom is 0.326 e. The summed E-state index contributed by atoms with van der Waals surface area (Å²) in [5, 5.41) is 2.51. The molecule has 0 spiro atoms. The lowest BCUT2D eigenvalue weighted by molar-refractivity contribution is -0.147. The summed E-state index contributed by atoms with van der Waals surface area (Å²) in [5.41, 5.74) is 1.09. The van der Waals surface area contributed by atoms with Crippen molar-refractivity contribution in [3.63, 3.8) is 0 Å². The number of esters is 1. The molecule has 138 valence electrons. The van der Waals surface area contributed by atoms with E-state index in [0.717, 1.165) is 0 Å². The standard InChI is InChI=1S/C20H22FNO4/c1-13(2)25-18-10-6-16(7-11-18)20(24)22-12-19(23)26-14(3)15-4-8-17(21)9-5-15/h4-11,13-14H,12H2,1-3H3,(H,22,24). The molecule has 1 atom stereocenters. The van der Waals surface area contributed by atoms with E-state index >= 15 is 0 Å². The van der Waals surface area contributed by atoms with E-state index in [1.165, 1.54) is 12.1 Å². The summed E-state index contributed by atoms with van der Waals surface area (Å²) in [6, 6.07) is 12.3. The SMILES string of the molecule is CC(C)Oc1ccc(C(=O)NCC(=O)OC(C)c2ccc(F)cc2)cc1. The van der Waals surface area contributed by atoms with Crippen molar-refractivity contribution in [3.8, 4) is 5.75 Å². The Kier molecular flexibility index (Phi) is 6.72. The van der Waals surface area contributed by atoms with Gasteiger partial charge in [0.05, 0.1) is 6.10 Å². The number of hydrogen-bond acceptors (Lipinski definition) is 4. The Morgan fingerprint density at radius 1 is 1.00 bits per heavy atom. The van der Waals surface area contributed by atoms with Crippen molar-refractivity contribution in [3.05, 3.63) is 65.5 Å². The average molecular weight is 359 g/mol. The minimum absolute atomic E-state index is 0.0487. The molecule has 0 saturated carbocycles. The highest BCUT2D eigenvalue weighted by molar-refractivity contribution is 5.96. The Balaban J connectivity index is 1.82. The first kappa shape index (κ1) is 19.4. The van der Waals surface area contributed by atoms with Crippen LogP contribution in [0, 0.1) is 5.82 Å². The van der Waals surface area contributed by atoms with Gasteiger partial charge in [-0.05, 0) is 62.7 Å². The normalized spacial score (nSPS) is 11.7. The molecule has 0 fully saturated rings. The number of carbonyl (C=O) groups excluding carboxylic acids is 2. The van der Waals surface area contributed by atoms with Crippen molar-refractivity contribution < 1.29 is 23.5 Å². The molecule has 0 aliphatic heterocycles. The van der Waals surface area contributed by atoms with Gasteiger partial charge in [0.2, 0.25) is 0 Å². The summed E-state index contributed by atoms with van der Waals surface area (Å²) >= 11 is 0. The number of amides is 1. The Bertz CT molecular complexity index is 741. The van der Waals surface area contributed by atoms with Crippen LogP contribution in [0.15, 0.2) is 48.5 Å². The molecule has 1 unspecified atom stereocenters. The van der Waals surface area contributed by atoms with Crippen LogP contribution in [0.2, 0.25) is 0 Å². The van der Waals surface area contributed by atoms with Gasteiger partial charge in [-0.1, -0.05) is 12.1 Å². The van der Waals surface area contributed by atoms with Crippen LogP contribution in [0.3, 0.4) is 0 Å². The van der Waals surface area contributed by atoms with Crippen LogP contribution in [0.25, 0.3) is 0 Å². The molecule has 5 nitrogen and oxygen atoms in total. The molecule has 0 aliphatic carbocycles. The van der Waals surface area contributed by atoms with Gasteiger partial charge in [-0.2, -0.15) is 0 Å². The number of halogens is 1. The van der Waals surface area contributed by atoms with Crippen LogP contribution in [0.1, 0.15) is 42.8 Å². The van der Waals surface area contributed by atoms with Crippen LogP contribution in [0.5, 0.6) is 5.75 Å². The van der Waals surface area contributed by atoms with Gasteiger partial charge in [0.25, 0.3) is 5.91 Å². The smallest absolute Gasteiger partial charge is 0.326 e. The maximum atomic E-state index is 12.9. The van der Waals surface area contributed by atoms with Crippen molar-refractivity contribution in [2.24, 2.45) is 0 Å². The number of ether oxygens (including phenoxy) is 2. The summed E-state index contributed by atoms with van der Waals surface area (Å²) < 4.78 is 23.6. The lowest BCUT2D eigenvalue weighted by Crippen LogP contribution is -2.31. The predicted octanol–water partition coefficient (Wildman–Crippen LogP) is 3.65. The van der Waals surface area contributed by atoms with Crippen LogP contribution in [0.4, 0.5) is 4.39 Å². The molecule has 0 radical (unpaired) electrons. The monoisotopic (exact) mass is 359 g/mol. The average Bonchev–Trinajstić information content (AvgIpc) is 2.60. The first-order valence-corrected chi connectivity index (χ1v) is 8.35. The van der Waals surface area contributed by atoms with E-state index in [1.54, 1.807) is 43.3 Å². The lowest BCUT2D eigenvalue weighted by atomic mass is 10.1. The van der Waals surface area contributed by atoms with E-state index in [0.29, 0.717) is 16.9 Å². The first-order chi connectivity index (χ1) is 12.3. The third-order valence-corrected chi connectivity index (χ3v) is 3.53. The summed E-state index contributed by atoms with van der Waals surface area (Å²) in [4.78, 5) is 23.9. The van der Waals surface area contributed by atoms with Crippen LogP contribution < -0.4 is 10.1 Å². The van der Waals surface area contributed by atoms with Crippen molar-refractivity contribution in [1.82, 2.24) is 5.32 Å². The molecule has 2 rings (SSSR count). The fourth-order valence-corrected chi connectivity index (χ4v) is 2.25. The fraction of sp³-hybridized carbons (Fsp3) is 0.300. The molecule has 2 aromatic rings. The van der Waals surface area contributed by atoms with E-state index in [4.69, 9.17) is 9.47 Å². The lowest BCUT2D eigenvalue weighted by Gasteiger charge is -2.14. The molecule has 2 aromatic carbocycles. The minimum Gasteiger partial charge on any atom is -0.491 e. The van der Waals surface area contributed by atoms with E-state index in [9.17, 15) is 14.0 Å². The number of benzene rings is 2. The van der Waals surface area contributed by atoms with Gasteiger partial charge < -0.3 is 14.8 Å². The summed E-state index contributed by atoms with van der Waals surface area (Å²) in [5.74, 6) is -0.643. The van der Waals surface area contributed by atoms with Gasteiger partial charge >= 0.3 is 5.97 Å². The molecule has 6 heteroatoms. The van der Waals surface area contributed by atoms with Gasteiger partial charge in [-0.3, -0.25) is 9.59 Å². The molecule has 0 heterocycles. The van der Waals surface area contributed by atoms with Crippen LogP contribution >= 0.6 is 0 Å². The van der Waals surface area contributed by atoms with Gasteiger partial charge in [0.1, 0.15) is 24.2 Å². The Labute approximate surface area is 152 Å². The Morgan fingerprint density at radius 2 is 1.62 bits per heavy atom. The Morgan fingerprint density at radius 3 is 2.19 bits per heavy atom.